The molecule has 4 aromatic carbocycles. The molecule has 1 aliphatic heterocycles. The van der Waals surface area contributed by atoms with Gasteiger partial charge in [0.25, 0.3) is 0 Å². The van der Waals surface area contributed by atoms with Gasteiger partial charge in [0.15, 0.2) is 17.1 Å². The van der Waals surface area contributed by atoms with E-state index in [1.165, 1.54) is 30.3 Å². The maximum absolute atomic E-state index is 14.8. The second-order valence-corrected chi connectivity index (χ2v) is 13.9. The number of halogens is 5. The summed E-state index contributed by atoms with van der Waals surface area (Å²) in [4.78, 5) is 29.9. The fraction of sp³-hybridized carbons (Fsp3) is 0.300. The van der Waals surface area contributed by atoms with Crippen LogP contribution in [0.4, 0.5) is 22.0 Å². The third-order valence-corrected chi connectivity index (χ3v) is 10.8. The molecule has 6 rings (SSSR count). The minimum atomic E-state index is -4.42. The van der Waals surface area contributed by atoms with E-state index in [4.69, 9.17) is 4.74 Å². The SMILES string of the molecule is COCCC1(N(Cc2ccc(-c3ccc(C(F)(F)F)cc3)cc2)C(=O)Cn2c(SCc3cccc(F)c3F)cc(=O)c3ccccc32)CCNCC1. The highest BCUT2D eigenvalue weighted by Crippen LogP contribution is 2.35. The van der Waals surface area contributed by atoms with E-state index in [1.807, 2.05) is 29.2 Å². The van der Waals surface area contributed by atoms with Gasteiger partial charge in [0, 0.05) is 48.6 Å². The Hall–Kier alpha value is -4.52. The number of thioether (sulfide) groups is 1. The number of rotatable bonds is 12. The fourth-order valence-corrected chi connectivity index (χ4v) is 7.85. The van der Waals surface area contributed by atoms with Crippen molar-refractivity contribution >= 4 is 28.6 Å². The Balaban J connectivity index is 1.35. The number of benzene rings is 4. The van der Waals surface area contributed by atoms with E-state index in [9.17, 15) is 31.5 Å². The predicted molar refractivity (Wildman–Crippen MR) is 193 cm³/mol. The van der Waals surface area contributed by atoms with Crippen molar-refractivity contribution < 1.29 is 31.5 Å². The van der Waals surface area contributed by atoms with Crippen molar-refractivity contribution in [1.29, 1.82) is 0 Å². The molecule has 6 nitrogen and oxygen atoms in total. The zero-order valence-electron chi connectivity index (χ0n) is 28.5. The monoisotopic (exact) mass is 735 g/mol. The Labute approximate surface area is 302 Å². The van der Waals surface area contributed by atoms with Crippen LogP contribution in [0.3, 0.4) is 0 Å². The van der Waals surface area contributed by atoms with Gasteiger partial charge >= 0.3 is 6.18 Å². The van der Waals surface area contributed by atoms with E-state index < -0.39 is 28.9 Å². The highest BCUT2D eigenvalue weighted by Gasteiger charge is 2.40. The van der Waals surface area contributed by atoms with Crippen molar-refractivity contribution in [1.82, 2.24) is 14.8 Å². The maximum Gasteiger partial charge on any atom is 0.416 e. The molecule has 0 aliphatic carbocycles. The molecule has 0 atom stereocenters. The smallest absolute Gasteiger partial charge is 0.385 e. The number of para-hydroxylation sites is 1. The molecule has 2 heterocycles. The number of piperidine rings is 1. The molecular formula is C40H38F5N3O3S. The molecule has 12 heteroatoms. The molecule has 0 saturated carbocycles. The number of carbonyl (C=O) groups is 1. The van der Waals surface area contributed by atoms with Gasteiger partial charge in [-0.2, -0.15) is 13.2 Å². The number of methoxy groups -OCH3 is 1. The van der Waals surface area contributed by atoms with Crippen LogP contribution in [-0.4, -0.2) is 47.7 Å². The van der Waals surface area contributed by atoms with Gasteiger partial charge in [0.2, 0.25) is 5.91 Å². The van der Waals surface area contributed by atoms with Gasteiger partial charge in [-0.15, -0.1) is 11.8 Å². The first-order valence-corrected chi connectivity index (χ1v) is 17.9. The van der Waals surface area contributed by atoms with E-state index in [1.54, 1.807) is 35.9 Å². The average Bonchev–Trinajstić information content (AvgIpc) is 3.15. The summed E-state index contributed by atoms with van der Waals surface area (Å²) in [6.45, 7) is 1.95. The molecule has 1 N–H and O–H groups in total. The second-order valence-electron chi connectivity index (χ2n) is 12.9. The number of aromatic nitrogens is 1. The van der Waals surface area contributed by atoms with Crippen molar-refractivity contribution in [3.8, 4) is 11.1 Å². The summed E-state index contributed by atoms with van der Waals surface area (Å²) in [5.74, 6) is -2.08. The van der Waals surface area contributed by atoms with Crippen molar-refractivity contribution in [2.24, 2.45) is 0 Å². The highest BCUT2D eigenvalue weighted by atomic mass is 32.2. The first-order valence-electron chi connectivity index (χ1n) is 16.9. The zero-order valence-corrected chi connectivity index (χ0v) is 29.3. The number of fused-ring (bicyclic) bond motifs is 1. The summed E-state index contributed by atoms with van der Waals surface area (Å²) in [6, 6.07) is 24.8. The molecule has 1 fully saturated rings. The van der Waals surface area contributed by atoms with Gasteiger partial charge in [0.05, 0.1) is 16.1 Å². The molecule has 1 aromatic heterocycles. The minimum absolute atomic E-state index is 0.0357. The van der Waals surface area contributed by atoms with Crippen molar-refractivity contribution in [2.45, 2.75) is 54.8 Å². The molecule has 1 aliphatic rings. The number of hydrogen-bond acceptors (Lipinski definition) is 5. The van der Waals surface area contributed by atoms with Crippen LogP contribution >= 0.6 is 11.8 Å². The molecule has 272 valence electrons. The van der Waals surface area contributed by atoms with Crippen LogP contribution in [0.2, 0.25) is 0 Å². The lowest BCUT2D eigenvalue weighted by Gasteiger charge is -2.47. The summed E-state index contributed by atoms with van der Waals surface area (Å²) < 4.78 is 75.3. The minimum Gasteiger partial charge on any atom is -0.385 e. The van der Waals surface area contributed by atoms with Crippen molar-refractivity contribution in [3.05, 3.63) is 136 Å². The molecule has 52 heavy (non-hydrogen) atoms. The zero-order chi connectivity index (χ0) is 36.9. The third kappa shape index (κ3) is 8.24. The lowest BCUT2D eigenvalue weighted by atomic mass is 9.82. The van der Waals surface area contributed by atoms with E-state index in [-0.39, 0.29) is 35.7 Å². The fourth-order valence-electron chi connectivity index (χ4n) is 6.82. The van der Waals surface area contributed by atoms with Crippen molar-refractivity contribution in [3.63, 3.8) is 0 Å². The normalized spacial score (nSPS) is 14.4. The van der Waals surface area contributed by atoms with Crippen LogP contribution in [0.1, 0.15) is 36.0 Å². The highest BCUT2D eigenvalue weighted by molar-refractivity contribution is 7.98. The summed E-state index contributed by atoms with van der Waals surface area (Å²) in [6.07, 6.45) is -2.48. The molecule has 5 aromatic rings. The quantitative estimate of drug-likeness (QED) is 0.103. The van der Waals surface area contributed by atoms with Gasteiger partial charge in [-0.1, -0.05) is 60.7 Å². The number of amides is 1. The summed E-state index contributed by atoms with van der Waals surface area (Å²) in [5.41, 5.74) is 1.36. The first kappa shape index (κ1) is 37.2. The van der Waals surface area contributed by atoms with Crippen molar-refractivity contribution in [2.75, 3.05) is 26.8 Å². The second kappa shape index (κ2) is 16.0. The third-order valence-electron chi connectivity index (χ3n) is 9.70. The maximum atomic E-state index is 14.8. The number of nitrogens with one attached hydrogen (secondary N) is 1. The standard InChI is InChI=1S/C40H38F5N3O3S/c1-51-22-19-39(17-20-46-21-18-39)48(24-27-9-11-28(12-10-27)29-13-15-31(16-14-29)40(43,44)45)36(50)25-47-34-8-3-2-6-32(34)35(49)23-37(47)52-26-30-5-4-7-33(41)38(30)42/h2-16,23,46H,17-22,24-26H2,1H3. The Morgan fingerprint density at radius 2 is 1.60 bits per heavy atom. The van der Waals surface area contributed by atoms with Crippen LogP contribution in [0.15, 0.2) is 107 Å². The molecule has 0 radical (unpaired) electrons. The first-order chi connectivity index (χ1) is 25.0. The van der Waals surface area contributed by atoms with Gasteiger partial charge in [-0.25, -0.2) is 8.78 Å². The number of ether oxygens (including phenoxy) is 1. The van der Waals surface area contributed by atoms with Gasteiger partial charge in [-0.3, -0.25) is 9.59 Å². The van der Waals surface area contributed by atoms with Crippen LogP contribution in [0, 0.1) is 11.6 Å². The van der Waals surface area contributed by atoms with Gasteiger partial charge in [-0.05, 0) is 79.4 Å². The number of pyridine rings is 1. The number of nitrogens with zero attached hydrogens (tertiary/aromatic N) is 2. The topological polar surface area (TPSA) is 63.6 Å². The molecule has 0 unspecified atom stereocenters. The largest absolute Gasteiger partial charge is 0.416 e. The molecular weight excluding hydrogens is 698 g/mol. The molecule has 1 amide bonds. The lowest BCUT2D eigenvalue weighted by Crippen LogP contribution is -2.57. The van der Waals surface area contributed by atoms with Crippen LogP contribution < -0.4 is 10.7 Å². The Morgan fingerprint density at radius 3 is 2.27 bits per heavy atom. The van der Waals surface area contributed by atoms with E-state index in [2.05, 4.69) is 5.32 Å². The summed E-state index contributed by atoms with van der Waals surface area (Å²) in [5, 5.41) is 4.26. The molecule has 1 saturated heterocycles. The lowest BCUT2D eigenvalue weighted by molar-refractivity contribution is -0.142. The van der Waals surface area contributed by atoms with Crippen LogP contribution in [0.25, 0.3) is 22.0 Å². The predicted octanol–water partition coefficient (Wildman–Crippen LogP) is 8.45. The number of hydrogen-bond donors (Lipinski definition) is 1. The van der Waals surface area contributed by atoms with Crippen LogP contribution in [-0.2, 0) is 34.6 Å². The Kier molecular flexibility index (Phi) is 11.5. The average molecular weight is 736 g/mol. The summed E-state index contributed by atoms with van der Waals surface area (Å²) >= 11 is 1.15. The van der Waals surface area contributed by atoms with E-state index in [0.717, 1.165) is 41.1 Å². The van der Waals surface area contributed by atoms with E-state index in [0.29, 0.717) is 60.5 Å². The Bertz CT molecular complexity index is 2080. The molecule has 0 spiro atoms. The molecule has 0 bridgehead atoms. The van der Waals surface area contributed by atoms with Gasteiger partial charge < -0.3 is 19.5 Å². The Morgan fingerprint density at radius 1 is 0.923 bits per heavy atom. The van der Waals surface area contributed by atoms with Gasteiger partial charge in [0.1, 0.15) is 6.54 Å². The van der Waals surface area contributed by atoms with E-state index >= 15 is 0 Å². The summed E-state index contributed by atoms with van der Waals surface area (Å²) in [7, 11) is 1.62. The number of carbonyl (C=O) groups excluding carboxylic acids is 1. The van der Waals surface area contributed by atoms with Crippen LogP contribution in [0.5, 0.6) is 0 Å². The number of alkyl halides is 3.